The first-order chi connectivity index (χ1) is 16.0. The van der Waals surface area contributed by atoms with Gasteiger partial charge in [0, 0.05) is 5.41 Å². The summed E-state index contributed by atoms with van der Waals surface area (Å²) in [6.45, 7) is 2.23. The molecule has 0 aromatic carbocycles. The number of fused-ring (bicyclic) bond motifs is 6. The molecule has 4 bridgehead atoms. The number of rotatable bonds is 4. The molecule has 0 N–H and O–H groups in total. The van der Waals surface area contributed by atoms with Gasteiger partial charge in [-0.3, -0.25) is 0 Å². The molecular formula is C24H33F7O3S. The second kappa shape index (κ2) is 7.50. The van der Waals surface area contributed by atoms with Gasteiger partial charge in [-0.25, -0.2) is 4.18 Å². The van der Waals surface area contributed by atoms with E-state index >= 15 is 17.6 Å². The molecule has 7 fully saturated rings. The molecule has 35 heavy (non-hydrogen) atoms. The lowest BCUT2D eigenvalue weighted by molar-refractivity contribution is -0.404. The Morgan fingerprint density at radius 1 is 0.714 bits per heavy atom. The molecule has 0 atom stereocenters. The van der Waals surface area contributed by atoms with Gasteiger partial charge in [0.05, 0.1) is 0 Å². The minimum atomic E-state index is -6.46. The summed E-state index contributed by atoms with van der Waals surface area (Å²) in [4.78, 5) is 0. The van der Waals surface area contributed by atoms with E-state index in [-0.39, 0.29) is 5.41 Å². The van der Waals surface area contributed by atoms with Crippen LogP contribution in [-0.4, -0.2) is 31.4 Å². The topological polar surface area (TPSA) is 43.4 Å². The van der Waals surface area contributed by atoms with Crippen LogP contribution >= 0.6 is 0 Å². The molecule has 11 heteroatoms. The van der Waals surface area contributed by atoms with Crippen molar-refractivity contribution in [1.29, 1.82) is 0 Å². The number of hydrogen-bond donors (Lipinski definition) is 0. The van der Waals surface area contributed by atoms with Crippen molar-refractivity contribution < 1.29 is 43.3 Å². The van der Waals surface area contributed by atoms with E-state index in [9.17, 15) is 21.6 Å². The van der Waals surface area contributed by atoms with Gasteiger partial charge in [-0.2, -0.15) is 39.2 Å². The lowest BCUT2D eigenvalue weighted by Gasteiger charge is -2.70. The third-order valence-corrected chi connectivity index (χ3v) is 12.3. The maximum Gasteiger partial charge on any atom is 0.523 e. The van der Waals surface area contributed by atoms with E-state index in [4.69, 9.17) is 0 Å². The molecule has 0 amide bonds. The monoisotopic (exact) mass is 534 g/mol. The van der Waals surface area contributed by atoms with Crippen LogP contribution < -0.4 is 0 Å². The zero-order chi connectivity index (χ0) is 25.8. The third kappa shape index (κ3) is 3.21. The van der Waals surface area contributed by atoms with Gasteiger partial charge < -0.3 is 0 Å². The fourth-order valence-corrected chi connectivity index (χ4v) is 9.75. The van der Waals surface area contributed by atoms with Crippen LogP contribution in [0.4, 0.5) is 30.7 Å². The number of halogens is 7. The number of alkyl halides is 7. The van der Waals surface area contributed by atoms with Crippen LogP contribution in [0.3, 0.4) is 0 Å². The molecule has 0 aromatic rings. The average Bonchev–Trinajstić information content (AvgIpc) is 2.79. The highest BCUT2D eigenvalue weighted by atomic mass is 32.2. The van der Waals surface area contributed by atoms with Crippen molar-refractivity contribution in [2.45, 2.75) is 120 Å². The minimum absolute atomic E-state index is 0.0767. The lowest BCUT2D eigenvalue weighted by Crippen LogP contribution is -2.77. The fraction of sp³-hybridized carbons (Fsp3) is 1.00. The standard InChI is InChI=1S/C24H33F7O3S/c1-16-2-4-17(5-3-16)18-6-9-19(10-7-18,11-8-18)20-12-14-21(15-13-20,23(27,28)22(20,25)26)34-35(32,33)24(29,30)31/h16-17H,2-15H2,1H3. The Morgan fingerprint density at radius 2 is 1.20 bits per heavy atom. The van der Waals surface area contributed by atoms with Crippen LogP contribution in [0.25, 0.3) is 0 Å². The highest BCUT2D eigenvalue weighted by Crippen LogP contribution is 2.78. The molecule has 202 valence electrons. The first-order valence-electron chi connectivity index (χ1n) is 12.8. The highest BCUT2D eigenvalue weighted by Gasteiger charge is 2.87. The molecule has 7 saturated carbocycles. The van der Waals surface area contributed by atoms with Crippen LogP contribution in [0.5, 0.6) is 0 Å². The second-order valence-electron chi connectivity index (χ2n) is 12.3. The SMILES string of the molecule is CC1CCC(C23CCC(C45CCC(OS(=O)(=O)C(F)(F)F)(CC4)C(F)(F)C5(F)F)(CC2)CC3)CC1. The minimum Gasteiger partial charge on any atom is -0.250 e. The lowest BCUT2D eigenvalue weighted by atomic mass is 9.37. The first-order valence-corrected chi connectivity index (χ1v) is 14.2. The van der Waals surface area contributed by atoms with Crippen LogP contribution in [0.2, 0.25) is 0 Å². The average molecular weight is 535 g/mol. The molecule has 3 nitrogen and oxygen atoms in total. The Labute approximate surface area is 201 Å². The Bertz CT molecular complexity index is 934. The van der Waals surface area contributed by atoms with Crippen molar-refractivity contribution in [2.24, 2.45) is 28.1 Å². The van der Waals surface area contributed by atoms with Gasteiger partial charge >= 0.3 is 27.5 Å². The Morgan fingerprint density at radius 3 is 1.66 bits per heavy atom. The van der Waals surface area contributed by atoms with Gasteiger partial charge in [0.25, 0.3) is 0 Å². The normalized spacial score (nSPS) is 47.1. The molecule has 0 saturated heterocycles. The molecular weight excluding hydrogens is 501 g/mol. The van der Waals surface area contributed by atoms with Crippen LogP contribution in [0, 0.1) is 28.1 Å². The fourth-order valence-electron chi connectivity index (χ4n) is 8.97. The molecule has 0 spiro atoms. The molecule has 0 unspecified atom stereocenters. The van der Waals surface area contributed by atoms with Crippen molar-refractivity contribution in [3.63, 3.8) is 0 Å². The van der Waals surface area contributed by atoms with Gasteiger partial charge in [-0.05, 0) is 99.7 Å². The van der Waals surface area contributed by atoms with Crippen LogP contribution in [0.15, 0.2) is 0 Å². The van der Waals surface area contributed by atoms with Crippen molar-refractivity contribution >= 4 is 10.1 Å². The van der Waals surface area contributed by atoms with E-state index in [1.165, 1.54) is 0 Å². The van der Waals surface area contributed by atoms with Gasteiger partial charge in [-0.1, -0.05) is 19.8 Å². The zero-order valence-corrected chi connectivity index (χ0v) is 20.6. The van der Waals surface area contributed by atoms with Crippen LogP contribution in [-0.2, 0) is 14.3 Å². The summed E-state index contributed by atoms with van der Waals surface area (Å²) in [5.74, 6) is -8.49. The Kier molecular flexibility index (Phi) is 5.58. The van der Waals surface area contributed by atoms with E-state index < -0.39 is 69.6 Å². The van der Waals surface area contributed by atoms with E-state index in [0.29, 0.717) is 31.1 Å². The van der Waals surface area contributed by atoms with E-state index in [0.717, 1.165) is 44.9 Å². The van der Waals surface area contributed by atoms with Crippen molar-refractivity contribution in [3.8, 4) is 0 Å². The van der Waals surface area contributed by atoms with E-state index in [1.54, 1.807) is 0 Å². The number of hydrogen-bond acceptors (Lipinski definition) is 3. The van der Waals surface area contributed by atoms with E-state index in [2.05, 4.69) is 11.1 Å². The second-order valence-corrected chi connectivity index (χ2v) is 13.8. The molecule has 0 radical (unpaired) electrons. The quantitative estimate of drug-likeness (QED) is 0.212. The Hall–Kier alpha value is -0.580. The van der Waals surface area contributed by atoms with Crippen LogP contribution in [0.1, 0.15) is 96.8 Å². The zero-order valence-electron chi connectivity index (χ0n) is 19.8. The maximum atomic E-state index is 15.9. The summed E-state index contributed by atoms with van der Waals surface area (Å²) in [6, 6.07) is 0. The summed E-state index contributed by atoms with van der Waals surface area (Å²) in [6.07, 6.45) is 5.34. The third-order valence-electron chi connectivity index (χ3n) is 11.2. The predicted octanol–water partition coefficient (Wildman–Crippen LogP) is 7.60. The molecule has 0 aliphatic heterocycles. The molecule has 0 heterocycles. The van der Waals surface area contributed by atoms with Gasteiger partial charge in [0.2, 0.25) is 0 Å². The van der Waals surface area contributed by atoms with Crippen molar-refractivity contribution in [1.82, 2.24) is 0 Å². The van der Waals surface area contributed by atoms with E-state index in [1.807, 2.05) is 0 Å². The van der Waals surface area contributed by atoms with Gasteiger partial charge in [0.1, 0.15) is 0 Å². The van der Waals surface area contributed by atoms with Gasteiger partial charge in [-0.15, -0.1) is 0 Å². The molecule has 7 aliphatic rings. The van der Waals surface area contributed by atoms with Crippen molar-refractivity contribution in [2.75, 3.05) is 0 Å². The molecule has 7 aliphatic carbocycles. The summed E-state index contributed by atoms with van der Waals surface area (Å²) < 4.78 is 129. The summed E-state index contributed by atoms with van der Waals surface area (Å²) in [5, 5.41) is 0. The smallest absolute Gasteiger partial charge is 0.250 e. The highest BCUT2D eigenvalue weighted by molar-refractivity contribution is 7.87. The first kappa shape index (κ1) is 26.0. The molecule has 7 rings (SSSR count). The van der Waals surface area contributed by atoms with Gasteiger partial charge in [0.15, 0.2) is 5.60 Å². The molecule has 0 aromatic heterocycles. The summed E-state index contributed by atoms with van der Waals surface area (Å²) in [7, 11) is -6.46. The maximum absolute atomic E-state index is 15.9. The summed E-state index contributed by atoms with van der Waals surface area (Å²) >= 11 is 0. The summed E-state index contributed by atoms with van der Waals surface area (Å²) in [5.41, 5.74) is -12.4. The predicted molar refractivity (Wildman–Crippen MR) is 113 cm³/mol. The van der Waals surface area contributed by atoms with Crippen molar-refractivity contribution in [3.05, 3.63) is 0 Å². The largest absolute Gasteiger partial charge is 0.523 e. The Balaban J connectivity index is 1.43.